The van der Waals surface area contributed by atoms with Crippen LogP contribution in [0.4, 0.5) is 4.39 Å². The predicted molar refractivity (Wildman–Crippen MR) is 74.7 cm³/mol. The van der Waals surface area contributed by atoms with Gasteiger partial charge >= 0.3 is 0 Å². The third kappa shape index (κ3) is 4.68. The van der Waals surface area contributed by atoms with E-state index >= 15 is 0 Å². The summed E-state index contributed by atoms with van der Waals surface area (Å²) in [6.07, 6.45) is 2.31. The predicted octanol–water partition coefficient (Wildman–Crippen LogP) is 1.90. The normalized spacial score (nSPS) is 13.9. The lowest BCUT2D eigenvalue weighted by molar-refractivity contribution is 0.0594. The van der Waals surface area contributed by atoms with Gasteiger partial charge in [0.1, 0.15) is 12.0 Å². The van der Waals surface area contributed by atoms with Crippen LogP contribution in [0.1, 0.15) is 11.4 Å². The number of hydrogen-bond acceptors (Lipinski definition) is 4. The number of rotatable bonds is 7. The molecule has 106 valence electrons. The van der Waals surface area contributed by atoms with Crippen LogP contribution in [0, 0.1) is 0 Å². The summed E-state index contributed by atoms with van der Waals surface area (Å²) in [5.41, 5.74) is 6.81. The molecule has 1 aromatic carbocycles. The van der Waals surface area contributed by atoms with Crippen molar-refractivity contribution in [3.05, 3.63) is 60.2 Å². The van der Waals surface area contributed by atoms with Crippen molar-refractivity contribution in [3.8, 4) is 0 Å². The molecule has 0 saturated heterocycles. The molecular weight excluding hydrogens is 257 g/mol. The summed E-state index contributed by atoms with van der Waals surface area (Å²) in [4.78, 5) is 8.06. The molecule has 1 aromatic heterocycles. The highest BCUT2D eigenvalue weighted by Crippen LogP contribution is 2.06. The molecule has 0 aliphatic heterocycles. The SMILES string of the molecule is NC(Cc1ncccn1)C(F)COCc1ccccc1. The molecule has 2 N–H and O–H groups in total. The minimum atomic E-state index is -1.23. The Labute approximate surface area is 117 Å². The molecule has 0 radical (unpaired) electrons. The Morgan fingerprint density at radius 1 is 1.10 bits per heavy atom. The Hall–Kier alpha value is -1.85. The van der Waals surface area contributed by atoms with Gasteiger partial charge in [0.05, 0.1) is 13.2 Å². The van der Waals surface area contributed by atoms with Crippen LogP contribution in [-0.4, -0.2) is 28.8 Å². The largest absolute Gasteiger partial charge is 0.374 e. The molecule has 1 heterocycles. The van der Waals surface area contributed by atoms with Crippen molar-refractivity contribution in [3.63, 3.8) is 0 Å². The third-order valence-corrected chi connectivity index (χ3v) is 2.89. The molecule has 20 heavy (non-hydrogen) atoms. The Bertz CT molecular complexity index is 495. The molecule has 0 aliphatic carbocycles. The molecule has 5 heteroatoms. The van der Waals surface area contributed by atoms with Gasteiger partial charge in [-0.1, -0.05) is 30.3 Å². The van der Waals surface area contributed by atoms with Gasteiger partial charge in [-0.15, -0.1) is 0 Å². The second-order valence-electron chi connectivity index (χ2n) is 4.55. The van der Waals surface area contributed by atoms with Gasteiger partial charge in [-0.3, -0.25) is 0 Å². The van der Waals surface area contributed by atoms with Crippen LogP contribution in [0.25, 0.3) is 0 Å². The first-order valence-electron chi connectivity index (χ1n) is 6.53. The zero-order valence-electron chi connectivity index (χ0n) is 11.2. The van der Waals surface area contributed by atoms with Crippen LogP contribution in [0.2, 0.25) is 0 Å². The summed E-state index contributed by atoms with van der Waals surface area (Å²) in [5.74, 6) is 0.547. The van der Waals surface area contributed by atoms with E-state index in [4.69, 9.17) is 10.5 Å². The molecule has 0 spiro atoms. The molecule has 0 aliphatic rings. The maximum Gasteiger partial charge on any atom is 0.139 e. The summed E-state index contributed by atoms with van der Waals surface area (Å²) >= 11 is 0. The van der Waals surface area contributed by atoms with E-state index < -0.39 is 12.2 Å². The number of hydrogen-bond donors (Lipinski definition) is 1. The van der Waals surface area contributed by atoms with E-state index in [-0.39, 0.29) is 6.61 Å². The van der Waals surface area contributed by atoms with Crippen LogP contribution in [0.3, 0.4) is 0 Å². The third-order valence-electron chi connectivity index (χ3n) is 2.89. The van der Waals surface area contributed by atoms with Gasteiger partial charge < -0.3 is 10.5 Å². The second kappa shape index (κ2) is 7.67. The van der Waals surface area contributed by atoms with Crippen LogP contribution >= 0.6 is 0 Å². The summed E-state index contributed by atoms with van der Waals surface area (Å²) in [5, 5.41) is 0. The quantitative estimate of drug-likeness (QED) is 0.838. The fraction of sp³-hybridized carbons (Fsp3) is 0.333. The average Bonchev–Trinajstić information content (AvgIpc) is 2.49. The van der Waals surface area contributed by atoms with Gasteiger partial charge in [0.2, 0.25) is 0 Å². The highest BCUT2D eigenvalue weighted by Gasteiger charge is 2.18. The van der Waals surface area contributed by atoms with Crippen molar-refractivity contribution >= 4 is 0 Å². The van der Waals surface area contributed by atoms with Crippen molar-refractivity contribution < 1.29 is 9.13 Å². The number of halogens is 1. The van der Waals surface area contributed by atoms with Crippen molar-refractivity contribution in [2.24, 2.45) is 5.73 Å². The summed E-state index contributed by atoms with van der Waals surface area (Å²) in [6, 6.07) is 10.7. The number of benzene rings is 1. The Kier molecular flexibility index (Phi) is 5.58. The molecule has 0 bridgehead atoms. The minimum Gasteiger partial charge on any atom is -0.374 e. The van der Waals surface area contributed by atoms with Crippen molar-refractivity contribution in [2.75, 3.05) is 6.61 Å². The molecule has 0 saturated carbocycles. The van der Waals surface area contributed by atoms with E-state index in [1.807, 2.05) is 30.3 Å². The van der Waals surface area contributed by atoms with Crippen LogP contribution in [-0.2, 0) is 17.8 Å². The van der Waals surface area contributed by atoms with Gasteiger partial charge in [-0.25, -0.2) is 14.4 Å². The Morgan fingerprint density at radius 2 is 1.80 bits per heavy atom. The fourth-order valence-electron chi connectivity index (χ4n) is 1.76. The van der Waals surface area contributed by atoms with Crippen molar-refractivity contribution in [2.45, 2.75) is 25.2 Å². The fourth-order valence-corrected chi connectivity index (χ4v) is 1.76. The Balaban J connectivity index is 1.73. The van der Waals surface area contributed by atoms with E-state index in [0.717, 1.165) is 5.56 Å². The van der Waals surface area contributed by atoms with Crippen LogP contribution in [0.15, 0.2) is 48.8 Å². The lowest BCUT2D eigenvalue weighted by Gasteiger charge is -2.16. The standard InChI is InChI=1S/C15H18FN3O/c16-13(11-20-10-12-5-2-1-3-6-12)14(17)9-15-18-7-4-8-19-15/h1-8,13-14H,9-11,17H2. The average molecular weight is 275 g/mol. The highest BCUT2D eigenvalue weighted by atomic mass is 19.1. The van der Waals surface area contributed by atoms with E-state index in [9.17, 15) is 4.39 Å². The first-order chi connectivity index (χ1) is 9.75. The number of aromatic nitrogens is 2. The topological polar surface area (TPSA) is 61.0 Å². The molecular formula is C15H18FN3O. The van der Waals surface area contributed by atoms with Gasteiger partial charge in [-0.05, 0) is 11.6 Å². The van der Waals surface area contributed by atoms with Crippen molar-refractivity contribution in [1.82, 2.24) is 9.97 Å². The smallest absolute Gasteiger partial charge is 0.139 e. The number of nitrogens with two attached hydrogens (primary N) is 1. The van der Waals surface area contributed by atoms with E-state index in [2.05, 4.69) is 9.97 Å². The zero-order chi connectivity index (χ0) is 14.2. The first kappa shape index (κ1) is 14.6. The molecule has 0 amide bonds. The van der Waals surface area contributed by atoms with Crippen molar-refractivity contribution in [1.29, 1.82) is 0 Å². The van der Waals surface area contributed by atoms with Crippen LogP contribution in [0.5, 0.6) is 0 Å². The van der Waals surface area contributed by atoms with Gasteiger partial charge in [0.25, 0.3) is 0 Å². The zero-order valence-corrected chi connectivity index (χ0v) is 11.2. The molecule has 0 fully saturated rings. The molecule has 2 atom stereocenters. The van der Waals surface area contributed by atoms with Gasteiger partial charge in [0.15, 0.2) is 0 Å². The number of nitrogens with zero attached hydrogens (tertiary/aromatic N) is 2. The monoisotopic (exact) mass is 275 g/mol. The van der Waals surface area contributed by atoms with Crippen LogP contribution < -0.4 is 5.73 Å². The van der Waals surface area contributed by atoms with Gasteiger partial charge in [0, 0.05) is 24.9 Å². The lowest BCUT2D eigenvalue weighted by Crippen LogP contribution is -2.37. The lowest BCUT2D eigenvalue weighted by atomic mass is 10.1. The first-order valence-corrected chi connectivity index (χ1v) is 6.53. The molecule has 2 unspecified atom stereocenters. The van der Waals surface area contributed by atoms with E-state index in [1.165, 1.54) is 0 Å². The minimum absolute atomic E-state index is 0.0249. The number of ether oxygens (including phenoxy) is 1. The molecule has 4 nitrogen and oxygen atoms in total. The summed E-state index contributed by atoms with van der Waals surface area (Å²) < 4.78 is 19.2. The van der Waals surface area contributed by atoms with Gasteiger partial charge in [-0.2, -0.15) is 0 Å². The highest BCUT2D eigenvalue weighted by molar-refractivity contribution is 5.13. The summed E-state index contributed by atoms with van der Waals surface area (Å²) in [7, 11) is 0. The number of alkyl halides is 1. The maximum atomic E-state index is 13.9. The Morgan fingerprint density at radius 3 is 2.50 bits per heavy atom. The second-order valence-corrected chi connectivity index (χ2v) is 4.55. The molecule has 2 rings (SSSR count). The summed E-state index contributed by atoms with van der Waals surface area (Å²) in [6.45, 7) is 0.360. The maximum absolute atomic E-state index is 13.9. The van der Waals surface area contributed by atoms with E-state index in [1.54, 1.807) is 18.5 Å². The van der Waals surface area contributed by atoms with E-state index in [0.29, 0.717) is 18.9 Å². The molecule has 2 aromatic rings.